The molecule has 5 nitrogen and oxygen atoms in total. The maximum Gasteiger partial charge on any atom is 0.454 e. The molecule has 0 aromatic carbocycles. The van der Waals surface area contributed by atoms with Crippen LogP contribution in [-0.4, -0.2) is 47.4 Å². The van der Waals surface area contributed by atoms with Crippen molar-refractivity contribution >= 4 is 13.2 Å². The minimum atomic E-state index is -0.677. The Morgan fingerprint density at radius 2 is 2.17 bits per heavy atom. The number of likely N-dealkylation sites (tertiary alicyclic amines) is 1. The summed E-state index contributed by atoms with van der Waals surface area (Å²) in [5.41, 5.74) is -0.827. The Hall–Kier alpha value is -0.745. The van der Waals surface area contributed by atoms with Gasteiger partial charge in [0.05, 0.1) is 12.1 Å². The first-order chi connectivity index (χ1) is 8.30. The summed E-state index contributed by atoms with van der Waals surface area (Å²) in [7, 11) is -0.677. The molecular weight excluding hydrogens is 233 g/mol. The summed E-state index contributed by atoms with van der Waals surface area (Å²) >= 11 is 0. The Bertz CT molecular complexity index is 327. The van der Waals surface area contributed by atoms with Gasteiger partial charge in [-0.3, -0.25) is 0 Å². The van der Waals surface area contributed by atoms with Crippen LogP contribution in [0.2, 0.25) is 6.32 Å². The van der Waals surface area contributed by atoms with Crippen LogP contribution in [0.25, 0.3) is 0 Å². The summed E-state index contributed by atoms with van der Waals surface area (Å²) in [5.74, 6) is 0. The normalized spacial score (nSPS) is 28.9. The van der Waals surface area contributed by atoms with Gasteiger partial charge in [-0.15, -0.1) is 0 Å². The van der Waals surface area contributed by atoms with Crippen LogP contribution >= 0.6 is 0 Å². The summed E-state index contributed by atoms with van der Waals surface area (Å²) in [6.45, 7) is 6.82. The molecule has 2 heterocycles. The van der Waals surface area contributed by atoms with Crippen LogP contribution in [0.3, 0.4) is 0 Å². The van der Waals surface area contributed by atoms with Gasteiger partial charge < -0.3 is 19.3 Å². The van der Waals surface area contributed by atoms with Crippen LogP contribution in [0.15, 0.2) is 0 Å². The fourth-order valence-electron chi connectivity index (χ4n) is 2.67. The number of hydrogen-bond acceptors (Lipinski definition) is 4. The van der Waals surface area contributed by atoms with Gasteiger partial charge in [0.15, 0.2) is 0 Å². The number of rotatable bonds is 0. The molecule has 0 bridgehead atoms. The van der Waals surface area contributed by atoms with E-state index in [-0.39, 0.29) is 11.7 Å². The fourth-order valence-corrected chi connectivity index (χ4v) is 2.67. The van der Waals surface area contributed by atoms with Gasteiger partial charge >= 0.3 is 13.2 Å². The molecule has 2 saturated heterocycles. The van der Waals surface area contributed by atoms with Crippen molar-refractivity contribution in [3.8, 4) is 0 Å². The summed E-state index contributed by atoms with van der Waals surface area (Å²) in [5, 5.41) is 9.50. The Kier molecular flexibility index (Phi) is 3.60. The van der Waals surface area contributed by atoms with E-state index < -0.39 is 12.7 Å². The second-order valence-electron chi connectivity index (χ2n) is 6.30. The lowest BCUT2D eigenvalue weighted by Crippen LogP contribution is -2.51. The Morgan fingerprint density at radius 3 is 2.72 bits per heavy atom. The van der Waals surface area contributed by atoms with E-state index >= 15 is 0 Å². The molecule has 2 rings (SSSR count). The van der Waals surface area contributed by atoms with Crippen molar-refractivity contribution in [3.05, 3.63) is 0 Å². The second-order valence-corrected chi connectivity index (χ2v) is 6.30. The fraction of sp³-hybridized carbons (Fsp3) is 0.917. The van der Waals surface area contributed by atoms with Crippen LogP contribution < -0.4 is 0 Å². The van der Waals surface area contributed by atoms with Gasteiger partial charge in [-0.1, -0.05) is 0 Å². The van der Waals surface area contributed by atoms with Gasteiger partial charge in [-0.25, -0.2) is 4.79 Å². The number of carbonyl (C=O) groups is 1. The molecule has 1 atom stereocenters. The van der Waals surface area contributed by atoms with Gasteiger partial charge in [0, 0.05) is 6.54 Å². The van der Waals surface area contributed by atoms with Gasteiger partial charge in [-0.05, 0) is 46.4 Å². The lowest BCUT2D eigenvalue weighted by Gasteiger charge is -2.40. The maximum atomic E-state index is 12.0. The van der Waals surface area contributed by atoms with Crippen molar-refractivity contribution in [2.24, 2.45) is 0 Å². The Morgan fingerprint density at radius 1 is 1.44 bits per heavy atom. The van der Waals surface area contributed by atoms with Crippen LogP contribution in [0, 0.1) is 0 Å². The number of piperidine rings is 1. The van der Waals surface area contributed by atoms with E-state index in [1.807, 2.05) is 20.8 Å². The van der Waals surface area contributed by atoms with Crippen LogP contribution in [-0.2, 0) is 9.39 Å². The van der Waals surface area contributed by atoms with E-state index in [0.717, 1.165) is 19.3 Å². The van der Waals surface area contributed by atoms with E-state index in [2.05, 4.69) is 0 Å². The van der Waals surface area contributed by atoms with E-state index in [1.165, 1.54) is 0 Å². The molecule has 102 valence electrons. The number of ether oxygens (including phenoxy) is 1. The zero-order valence-electron chi connectivity index (χ0n) is 11.4. The molecule has 0 aromatic rings. The molecule has 1 unspecified atom stereocenters. The number of carbonyl (C=O) groups excluding carboxylic acids is 1. The highest BCUT2D eigenvalue weighted by atomic mass is 16.6. The van der Waals surface area contributed by atoms with Gasteiger partial charge in [0.2, 0.25) is 0 Å². The topological polar surface area (TPSA) is 59.0 Å². The summed E-state index contributed by atoms with van der Waals surface area (Å²) in [6, 6.07) is 0. The first kappa shape index (κ1) is 13.7. The lowest BCUT2D eigenvalue weighted by atomic mass is 9.84. The SMILES string of the molecule is CC(C)(C)OC(=O)N1CCCC2(CCB(O)O2)C1. The third-order valence-corrected chi connectivity index (χ3v) is 3.42. The second kappa shape index (κ2) is 4.74. The van der Waals surface area contributed by atoms with Gasteiger partial charge in [-0.2, -0.15) is 0 Å². The summed E-state index contributed by atoms with van der Waals surface area (Å²) in [4.78, 5) is 13.7. The molecule has 0 aromatic heterocycles. The third-order valence-electron chi connectivity index (χ3n) is 3.42. The molecule has 1 N–H and O–H groups in total. The molecule has 0 radical (unpaired) electrons. The zero-order valence-corrected chi connectivity index (χ0v) is 11.4. The quantitative estimate of drug-likeness (QED) is 0.669. The smallest absolute Gasteiger partial charge is 0.444 e. The average molecular weight is 255 g/mol. The predicted molar refractivity (Wildman–Crippen MR) is 68.3 cm³/mol. The van der Waals surface area contributed by atoms with Gasteiger partial charge in [0.25, 0.3) is 0 Å². The summed E-state index contributed by atoms with van der Waals surface area (Å²) in [6.07, 6.45) is 2.98. The minimum Gasteiger partial charge on any atom is -0.444 e. The van der Waals surface area contributed by atoms with Crippen molar-refractivity contribution in [1.82, 2.24) is 4.90 Å². The molecule has 1 amide bonds. The summed E-state index contributed by atoms with van der Waals surface area (Å²) < 4.78 is 11.0. The maximum absolute atomic E-state index is 12.0. The molecule has 2 aliphatic heterocycles. The molecule has 0 saturated carbocycles. The highest BCUT2D eigenvalue weighted by molar-refractivity contribution is 6.43. The van der Waals surface area contributed by atoms with Crippen LogP contribution in [0.1, 0.15) is 40.0 Å². The van der Waals surface area contributed by atoms with E-state index in [9.17, 15) is 9.82 Å². The highest BCUT2D eigenvalue weighted by Crippen LogP contribution is 2.36. The van der Waals surface area contributed by atoms with E-state index in [0.29, 0.717) is 19.4 Å². The van der Waals surface area contributed by atoms with Crippen molar-refractivity contribution in [1.29, 1.82) is 0 Å². The largest absolute Gasteiger partial charge is 0.454 e. The molecule has 2 fully saturated rings. The number of nitrogens with zero attached hydrogens (tertiary/aromatic N) is 1. The van der Waals surface area contributed by atoms with Crippen molar-refractivity contribution in [2.45, 2.75) is 57.6 Å². The minimum absolute atomic E-state index is 0.286. The van der Waals surface area contributed by atoms with Crippen molar-refractivity contribution in [3.63, 3.8) is 0 Å². The molecule has 1 spiro atoms. The number of hydrogen-bond donors (Lipinski definition) is 1. The molecule has 2 aliphatic rings. The molecular formula is C12H22BNO4. The van der Waals surface area contributed by atoms with Crippen LogP contribution in [0.4, 0.5) is 4.79 Å². The van der Waals surface area contributed by atoms with E-state index in [1.54, 1.807) is 4.90 Å². The first-order valence-electron chi connectivity index (χ1n) is 6.64. The number of amides is 1. The highest BCUT2D eigenvalue weighted by Gasteiger charge is 2.46. The monoisotopic (exact) mass is 255 g/mol. The first-order valence-corrected chi connectivity index (χ1v) is 6.64. The standard InChI is InChI=1S/C12H22BNO4/c1-11(2,3)17-10(15)14-8-4-5-12(9-14)6-7-13(16)18-12/h16H,4-9H2,1-3H3. The van der Waals surface area contributed by atoms with E-state index in [4.69, 9.17) is 9.39 Å². The third kappa shape index (κ3) is 3.17. The Balaban J connectivity index is 1.97. The molecule has 6 heteroatoms. The molecule has 0 aliphatic carbocycles. The zero-order chi connectivity index (χ0) is 13.4. The molecule has 18 heavy (non-hydrogen) atoms. The Labute approximate surface area is 109 Å². The predicted octanol–water partition coefficient (Wildman–Crippen LogP) is 1.66. The van der Waals surface area contributed by atoms with Gasteiger partial charge in [0.1, 0.15) is 5.60 Å². The average Bonchev–Trinajstić information content (AvgIpc) is 2.57. The van der Waals surface area contributed by atoms with Crippen molar-refractivity contribution < 1.29 is 19.2 Å². The lowest BCUT2D eigenvalue weighted by molar-refractivity contribution is -0.0258. The van der Waals surface area contributed by atoms with Crippen molar-refractivity contribution in [2.75, 3.05) is 13.1 Å². The van der Waals surface area contributed by atoms with Crippen LogP contribution in [0.5, 0.6) is 0 Å².